The van der Waals surface area contributed by atoms with Crippen LogP contribution >= 0.6 is 0 Å². The predicted molar refractivity (Wildman–Crippen MR) is 119 cm³/mol. The predicted octanol–water partition coefficient (Wildman–Crippen LogP) is 5.24. The Kier molecular flexibility index (Phi) is 6.49. The van der Waals surface area contributed by atoms with Crippen molar-refractivity contribution in [2.24, 2.45) is 0 Å². The lowest BCUT2D eigenvalue weighted by Crippen LogP contribution is -2.29. The fourth-order valence-electron chi connectivity index (χ4n) is 4.95. The third-order valence-corrected chi connectivity index (χ3v) is 6.69. The van der Waals surface area contributed by atoms with E-state index >= 15 is 4.39 Å². The normalized spacial score (nSPS) is 18.9. The van der Waals surface area contributed by atoms with Crippen molar-refractivity contribution in [3.8, 4) is 5.75 Å². The van der Waals surface area contributed by atoms with Crippen molar-refractivity contribution in [2.45, 2.75) is 89.3 Å². The van der Waals surface area contributed by atoms with E-state index in [1.165, 1.54) is 12.5 Å². The van der Waals surface area contributed by atoms with Gasteiger partial charge in [0, 0.05) is 12.1 Å². The molecule has 2 aliphatic carbocycles. The quantitative estimate of drug-likeness (QED) is 0.628. The second-order valence-corrected chi connectivity index (χ2v) is 8.85. The van der Waals surface area contributed by atoms with Crippen LogP contribution in [0.3, 0.4) is 0 Å². The molecule has 0 spiro atoms. The number of nitrogens with one attached hydrogen (secondary N) is 1. The molecule has 1 atom stereocenters. The van der Waals surface area contributed by atoms with Crippen LogP contribution in [-0.2, 0) is 4.79 Å². The zero-order valence-electron chi connectivity index (χ0n) is 18.0. The highest BCUT2D eigenvalue weighted by Crippen LogP contribution is 2.34. The number of carboxylic acid groups (broad SMARTS) is 1. The van der Waals surface area contributed by atoms with Gasteiger partial charge in [0.15, 0.2) is 11.9 Å². The highest BCUT2D eigenvalue weighted by molar-refractivity contribution is 5.84. The first kappa shape index (κ1) is 21.7. The SMILES string of the molecule is CCC(Oc1cn(C2CCCC2)c2cc(NC3CCCCC3)c(F)cc2c1=O)C(=O)O. The highest BCUT2D eigenvalue weighted by Gasteiger charge is 2.25. The lowest BCUT2D eigenvalue weighted by Gasteiger charge is -2.25. The Morgan fingerprint density at radius 2 is 1.87 bits per heavy atom. The molecule has 168 valence electrons. The van der Waals surface area contributed by atoms with Gasteiger partial charge in [-0.25, -0.2) is 9.18 Å². The topological polar surface area (TPSA) is 80.6 Å². The van der Waals surface area contributed by atoms with E-state index in [2.05, 4.69) is 5.32 Å². The Bertz CT molecular complexity index is 1010. The van der Waals surface area contributed by atoms with E-state index in [4.69, 9.17) is 4.74 Å². The average Bonchev–Trinajstić information content (AvgIpc) is 3.29. The molecule has 1 unspecified atom stereocenters. The lowest BCUT2D eigenvalue weighted by atomic mass is 9.95. The number of halogens is 1. The number of benzene rings is 1. The third kappa shape index (κ3) is 4.55. The first-order chi connectivity index (χ1) is 15.0. The Balaban J connectivity index is 1.79. The molecule has 2 saturated carbocycles. The van der Waals surface area contributed by atoms with Crippen LogP contribution < -0.4 is 15.5 Å². The number of pyridine rings is 1. The van der Waals surface area contributed by atoms with E-state index < -0.39 is 23.3 Å². The number of anilines is 1. The van der Waals surface area contributed by atoms with Crippen LogP contribution in [0.4, 0.5) is 10.1 Å². The van der Waals surface area contributed by atoms with Gasteiger partial charge in [-0.1, -0.05) is 39.0 Å². The van der Waals surface area contributed by atoms with Gasteiger partial charge in [0.1, 0.15) is 5.82 Å². The molecule has 2 fully saturated rings. The standard InChI is InChI=1S/C24H31FN2O4/c1-2-21(24(29)30)31-22-14-27(16-10-6-7-11-16)20-13-19(18(25)12-17(20)23(22)28)26-15-8-4-3-5-9-15/h12-16,21,26H,2-11H2,1H3,(H,29,30). The summed E-state index contributed by atoms with van der Waals surface area (Å²) in [7, 11) is 0. The molecule has 2 aromatic rings. The lowest BCUT2D eigenvalue weighted by molar-refractivity contribution is -0.145. The van der Waals surface area contributed by atoms with Crippen LogP contribution in [0.25, 0.3) is 10.9 Å². The Morgan fingerprint density at radius 1 is 1.19 bits per heavy atom. The molecule has 0 aliphatic heterocycles. The number of carbonyl (C=O) groups is 1. The van der Waals surface area contributed by atoms with Gasteiger partial charge < -0.3 is 19.7 Å². The molecule has 31 heavy (non-hydrogen) atoms. The van der Waals surface area contributed by atoms with Crippen LogP contribution in [0.1, 0.15) is 77.2 Å². The molecule has 0 amide bonds. The average molecular weight is 431 g/mol. The van der Waals surface area contributed by atoms with Crippen LogP contribution in [0.2, 0.25) is 0 Å². The third-order valence-electron chi connectivity index (χ3n) is 6.69. The summed E-state index contributed by atoms with van der Waals surface area (Å²) in [6, 6.07) is 3.46. The minimum absolute atomic E-state index is 0.0268. The molecular weight excluding hydrogens is 399 g/mol. The Hall–Kier alpha value is -2.57. The van der Waals surface area contributed by atoms with E-state index in [0.717, 1.165) is 51.4 Å². The molecule has 2 aliphatic rings. The number of aromatic nitrogens is 1. The fraction of sp³-hybridized carbons (Fsp3) is 0.583. The second kappa shape index (κ2) is 9.28. The molecule has 1 heterocycles. The van der Waals surface area contributed by atoms with E-state index in [9.17, 15) is 14.7 Å². The monoisotopic (exact) mass is 430 g/mol. The summed E-state index contributed by atoms with van der Waals surface area (Å²) in [5, 5.41) is 12.9. The van der Waals surface area contributed by atoms with Gasteiger partial charge >= 0.3 is 5.97 Å². The second-order valence-electron chi connectivity index (χ2n) is 8.85. The minimum atomic E-state index is -1.12. The molecule has 1 aromatic heterocycles. The summed E-state index contributed by atoms with van der Waals surface area (Å²) < 4.78 is 22.6. The maximum absolute atomic E-state index is 15.0. The molecule has 6 nitrogen and oxygen atoms in total. The van der Waals surface area contributed by atoms with E-state index in [1.807, 2.05) is 4.57 Å². The maximum atomic E-state index is 15.0. The molecular formula is C24H31FN2O4. The summed E-state index contributed by atoms with van der Waals surface area (Å²) in [6.45, 7) is 1.69. The number of rotatable bonds is 7. The van der Waals surface area contributed by atoms with Crippen LogP contribution in [0, 0.1) is 5.82 Å². The van der Waals surface area contributed by atoms with Crippen molar-refractivity contribution >= 4 is 22.6 Å². The molecule has 7 heteroatoms. The number of nitrogens with zero attached hydrogens (tertiary/aromatic N) is 1. The van der Waals surface area contributed by atoms with E-state index in [1.54, 1.807) is 19.2 Å². The largest absolute Gasteiger partial charge is 0.479 e. The molecule has 0 radical (unpaired) electrons. The van der Waals surface area contributed by atoms with Gasteiger partial charge in [0.2, 0.25) is 5.43 Å². The van der Waals surface area contributed by atoms with Gasteiger partial charge in [0.05, 0.1) is 22.8 Å². The van der Waals surface area contributed by atoms with Gasteiger partial charge in [-0.3, -0.25) is 4.79 Å². The molecule has 0 bridgehead atoms. The minimum Gasteiger partial charge on any atom is -0.479 e. The Labute approximate surface area is 181 Å². The highest BCUT2D eigenvalue weighted by atomic mass is 19.1. The zero-order chi connectivity index (χ0) is 22.0. The summed E-state index contributed by atoms with van der Waals surface area (Å²) in [5.74, 6) is -1.61. The zero-order valence-corrected chi connectivity index (χ0v) is 18.0. The van der Waals surface area contributed by atoms with Gasteiger partial charge in [-0.2, -0.15) is 0 Å². The van der Waals surface area contributed by atoms with Crippen molar-refractivity contribution < 1.29 is 19.0 Å². The number of hydrogen-bond acceptors (Lipinski definition) is 4. The smallest absolute Gasteiger partial charge is 0.344 e. The van der Waals surface area contributed by atoms with E-state index in [-0.39, 0.29) is 29.6 Å². The molecule has 4 rings (SSSR count). The number of aliphatic carboxylic acids is 1. The van der Waals surface area contributed by atoms with Crippen molar-refractivity contribution in [3.05, 3.63) is 34.4 Å². The van der Waals surface area contributed by atoms with Crippen molar-refractivity contribution in [1.29, 1.82) is 0 Å². The maximum Gasteiger partial charge on any atom is 0.344 e. The van der Waals surface area contributed by atoms with Gasteiger partial charge in [-0.05, 0) is 44.2 Å². The molecule has 2 N–H and O–H groups in total. The molecule has 0 saturated heterocycles. The Morgan fingerprint density at radius 3 is 2.52 bits per heavy atom. The van der Waals surface area contributed by atoms with Crippen molar-refractivity contribution in [3.63, 3.8) is 0 Å². The van der Waals surface area contributed by atoms with Crippen molar-refractivity contribution in [1.82, 2.24) is 4.57 Å². The van der Waals surface area contributed by atoms with Crippen LogP contribution in [0.15, 0.2) is 23.1 Å². The summed E-state index contributed by atoms with van der Waals surface area (Å²) in [6.07, 6.45) is 10.4. The number of hydrogen-bond donors (Lipinski definition) is 2. The van der Waals surface area contributed by atoms with Crippen molar-refractivity contribution in [2.75, 3.05) is 5.32 Å². The van der Waals surface area contributed by atoms with Gasteiger partial charge in [0.25, 0.3) is 0 Å². The first-order valence-corrected chi connectivity index (χ1v) is 11.5. The summed E-state index contributed by atoms with van der Waals surface area (Å²) >= 11 is 0. The fourth-order valence-corrected chi connectivity index (χ4v) is 4.95. The van der Waals surface area contributed by atoms with Crippen LogP contribution in [0.5, 0.6) is 5.75 Å². The summed E-state index contributed by atoms with van der Waals surface area (Å²) in [5.41, 5.74) is 0.635. The van der Waals surface area contributed by atoms with E-state index in [0.29, 0.717) is 11.2 Å². The first-order valence-electron chi connectivity index (χ1n) is 11.5. The number of ether oxygens (including phenoxy) is 1. The molecule has 1 aromatic carbocycles. The van der Waals surface area contributed by atoms with Crippen LogP contribution in [-0.4, -0.2) is 27.8 Å². The van der Waals surface area contributed by atoms with Gasteiger partial charge in [-0.15, -0.1) is 0 Å². The number of fused-ring (bicyclic) bond motifs is 1. The number of carboxylic acids is 1. The summed E-state index contributed by atoms with van der Waals surface area (Å²) in [4.78, 5) is 24.5.